The Labute approximate surface area is 155 Å². The summed E-state index contributed by atoms with van der Waals surface area (Å²) in [6, 6.07) is 0. The van der Waals surface area contributed by atoms with E-state index in [9.17, 15) is 0 Å². The van der Waals surface area contributed by atoms with Crippen molar-refractivity contribution in [2.24, 2.45) is 5.41 Å². The third-order valence-electron chi connectivity index (χ3n) is 5.29. The third-order valence-corrected chi connectivity index (χ3v) is 9.63. The molecular formula is C20H36O4Si. The molecule has 5 heteroatoms. The van der Waals surface area contributed by atoms with E-state index in [0.717, 1.165) is 30.8 Å². The molecule has 1 atom stereocenters. The minimum Gasteiger partial charge on any atom is -0.541 e. The predicted molar refractivity (Wildman–Crippen MR) is 106 cm³/mol. The van der Waals surface area contributed by atoms with Crippen LogP contribution in [0.2, 0.25) is 18.1 Å². The van der Waals surface area contributed by atoms with Crippen molar-refractivity contribution >= 4 is 8.32 Å². The van der Waals surface area contributed by atoms with Gasteiger partial charge in [-0.2, -0.15) is 0 Å². The molecule has 1 aliphatic carbocycles. The predicted octanol–water partition coefficient (Wildman–Crippen LogP) is 5.40. The summed E-state index contributed by atoms with van der Waals surface area (Å²) in [6.45, 7) is 16.1. The van der Waals surface area contributed by atoms with Crippen LogP contribution in [0.3, 0.4) is 0 Å². The summed E-state index contributed by atoms with van der Waals surface area (Å²) < 4.78 is 22.7. The van der Waals surface area contributed by atoms with Crippen LogP contribution in [0.25, 0.3) is 0 Å². The highest BCUT2D eigenvalue weighted by atomic mass is 28.4. The Hall–Kier alpha value is -1.04. The van der Waals surface area contributed by atoms with Crippen LogP contribution >= 0.6 is 0 Å². The first-order chi connectivity index (χ1) is 11.6. The molecule has 0 fully saturated rings. The molecule has 0 heterocycles. The zero-order chi connectivity index (χ0) is 19.1. The van der Waals surface area contributed by atoms with E-state index in [-0.39, 0.29) is 10.5 Å². The minimum atomic E-state index is -1.90. The van der Waals surface area contributed by atoms with Gasteiger partial charge < -0.3 is 18.6 Å². The van der Waals surface area contributed by atoms with Gasteiger partial charge in [0, 0.05) is 18.9 Å². The molecule has 1 unspecified atom stereocenters. The number of hydrogen-bond acceptors (Lipinski definition) is 4. The Morgan fingerprint density at radius 3 is 2.48 bits per heavy atom. The highest BCUT2D eigenvalue weighted by Gasteiger charge is 2.41. The van der Waals surface area contributed by atoms with Crippen molar-refractivity contribution in [2.45, 2.75) is 58.2 Å². The maximum atomic E-state index is 6.49. The SMILES string of the molecule is C=CCC1(CCOCOC)C=CC(O[Si](C)(C)C(C)(C)C)=C(OC)C1. The molecule has 4 nitrogen and oxygen atoms in total. The molecule has 0 bridgehead atoms. The number of hydrogen-bond donors (Lipinski definition) is 0. The van der Waals surface area contributed by atoms with Crippen molar-refractivity contribution in [1.82, 2.24) is 0 Å². The lowest BCUT2D eigenvalue weighted by molar-refractivity contribution is -0.0383. The molecule has 0 aromatic carbocycles. The molecule has 0 aliphatic heterocycles. The van der Waals surface area contributed by atoms with Gasteiger partial charge in [0.25, 0.3) is 8.32 Å². The molecule has 0 spiro atoms. The van der Waals surface area contributed by atoms with Crippen LogP contribution in [-0.4, -0.2) is 35.9 Å². The molecule has 0 aromatic heterocycles. The number of ether oxygens (including phenoxy) is 3. The smallest absolute Gasteiger partial charge is 0.250 e. The van der Waals surface area contributed by atoms with Gasteiger partial charge in [-0.3, -0.25) is 0 Å². The number of rotatable bonds is 10. The van der Waals surface area contributed by atoms with Gasteiger partial charge in [0.1, 0.15) is 18.3 Å². The molecule has 0 radical (unpaired) electrons. The molecular weight excluding hydrogens is 332 g/mol. The van der Waals surface area contributed by atoms with Gasteiger partial charge in [-0.25, -0.2) is 0 Å². The van der Waals surface area contributed by atoms with E-state index in [1.54, 1.807) is 14.2 Å². The average molecular weight is 369 g/mol. The first kappa shape index (κ1) is 22.0. The Kier molecular flexibility index (Phi) is 7.97. The first-order valence-corrected chi connectivity index (χ1v) is 11.8. The van der Waals surface area contributed by atoms with Crippen LogP contribution in [0.1, 0.15) is 40.0 Å². The topological polar surface area (TPSA) is 36.9 Å². The van der Waals surface area contributed by atoms with Crippen molar-refractivity contribution in [3.8, 4) is 0 Å². The van der Waals surface area contributed by atoms with Crippen molar-refractivity contribution in [3.05, 3.63) is 36.3 Å². The summed E-state index contributed by atoms with van der Waals surface area (Å²) in [5.41, 5.74) is -0.0405. The molecule has 0 saturated carbocycles. The lowest BCUT2D eigenvalue weighted by atomic mass is 9.75. The summed E-state index contributed by atoms with van der Waals surface area (Å²) in [5.74, 6) is 1.80. The largest absolute Gasteiger partial charge is 0.541 e. The van der Waals surface area contributed by atoms with Crippen LogP contribution in [0.4, 0.5) is 0 Å². The molecule has 144 valence electrons. The normalized spacial score (nSPS) is 21.4. The minimum absolute atomic E-state index is 0.0405. The van der Waals surface area contributed by atoms with Crippen LogP contribution in [0, 0.1) is 5.41 Å². The number of allylic oxidation sites excluding steroid dienone is 4. The third kappa shape index (κ3) is 6.01. The molecule has 25 heavy (non-hydrogen) atoms. The maximum Gasteiger partial charge on any atom is 0.250 e. The Balaban J connectivity index is 2.94. The quantitative estimate of drug-likeness (QED) is 0.224. The van der Waals surface area contributed by atoms with E-state index in [1.807, 2.05) is 6.08 Å². The molecule has 0 amide bonds. The van der Waals surface area contributed by atoms with Gasteiger partial charge >= 0.3 is 0 Å². The standard InChI is InChI=1S/C20H36O4Si/c1-9-11-20(13-14-23-16-21-5)12-10-17(18(15-20)22-6)24-25(7,8)19(2,3)4/h9-10,12H,1,11,13-16H2,2-8H3. The van der Waals surface area contributed by atoms with Crippen molar-refractivity contribution in [1.29, 1.82) is 0 Å². The van der Waals surface area contributed by atoms with Gasteiger partial charge in [-0.15, -0.1) is 6.58 Å². The lowest BCUT2D eigenvalue weighted by Crippen LogP contribution is -2.41. The summed E-state index contributed by atoms with van der Waals surface area (Å²) in [4.78, 5) is 0. The van der Waals surface area contributed by atoms with Crippen molar-refractivity contribution in [3.63, 3.8) is 0 Å². The lowest BCUT2D eigenvalue weighted by Gasteiger charge is -2.40. The van der Waals surface area contributed by atoms with E-state index in [4.69, 9.17) is 18.6 Å². The Morgan fingerprint density at radius 2 is 1.96 bits per heavy atom. The Morgan fingerprint density at radius 1 is 1.28 bits per heavy atom. The van der Waals surface area contributed by atoms with Gasteiger partial charge in [0.2, 0.25) is 0 Å². The van der Waals surface area contributed by atoms with Gasteiger partial charge in [-0.05, 0) is 37.0 Å². The average Bonchev–Trinajstić information content (AvgIpc) is 2.52. The molecule has 0 saturated heterocycles. The maximum absolute atomic E-state index is 6.49. The second-order valence-corrected chi connectivity index (χ2v) is 13.0. The van der Waals surface area contributed by atoms with E-state index in [0.29, 0.717) is 13.4 Å². The van der Waals surface area contributed by atoms with Crippen LogP contribution in [0.15, 0.2) is 36.3 Å². The molecule has 0 aromatic rings. The molecule has 0 N–H and O–H groups in total. The van der Waals surface area contributed by atoms with Gasteiger partial charge in [-0.1, -0.05) is 32.9 Å². The summed E-state index contributed by atoms with van der Waals surface area (Å²) >= 11 is 0. The zero-order valence-corrected chi connectivity index (χ0v) is 18.1. The van der Waals surface area contributed by atoms with E-state index in [1.165, 1.54) is 0 Å². The van der Waals surface area contributed by atoms with Crippen molar-refractivity contribution in [2.75, 3.05) is 27.6 Å². The van der Waals surface area contributed by atoms with E-state index in [2.05, 4.69) is 52.6 Å². The van der Waals surface area contributed by atoms with E-state index >= 15 is 0 Å². The summed E-state index contributed by atoms with van der Waals surface area (Å²) in [6.07, 6.45) is 8.86. The fourth-order valence-corrected chi connectivity index (χ4v) is 3.66. The van der Waals surface area contributed by atoms with Gasteiger partial charge in [0.05, 0.1) is 13.7 Å². The van der Waals surface area contributed by atoms with E-state index < -0.39 is 8.32 Å². The zero-order valence-electron chi connectivity index (χ0n) is 17.1. The van der Waals surface area contributed by atoms with Crippen LogP contribution in [-0.2, 0) is 18.6 Å². The fraction of sp³-hybridized carbons (Fsp3) is 0.700. The monoisotopic (exact) mass is 368 g/mol. The highest BCUT2D eigenvalue weighted by Crippen LogP contribution is 2.44. The molecule has 1 aliphatic rings. The molecule has 1 rings (SSSR count). The summed E-state index contributed by atoms with van der Waals surface area (Å²) in [7, 11) is 1.46. The van der Waals surface area contributed by atoms with Crippen LogP contribution < -0.4 is 0 Å². The highest BCUT2D eigenvalue weighted by molar-refractivity contribution is 6.74. The summed E-state index contributed by atoms with van der Waals surface area (Å²) in [5, 5.41) is 0.149. The van der Waals surface area contributed by atoms with Gasteiger partial charge in [0.15, 0.2) is 0 Å². The number of methoxy groups -OCH3 is 2. The van der Waals surface area contributed by atoms with Crippen LogP contribution in [0.5, 0.6) is 0 Å². The second-order valence-electron chi connectivity index (χ2n) is 8.28. The Bertz CT molecular complexity index is 502. The fourth-order valence-electron chi connectivity index (χ4n) is 2.62. The first-order valence-electron chi connectivity index (χ1n) is 8.94. The second kappa shape index (κ2) is 9.06. The van der Waals surface area contributed by atoms with Crippen molar-refractivity contribution < 1.29 is 18.6 Å².